The number of aryl methyl sites for hydroxylation is 1. The molecule has 1 aliphatic rings. The van der Waals surface area contributed by atoms with E-state index in [-0.39, 0.29) is 11.9 Å². The average Bonchev–Trinajstić information content (AvgIpc) is 3.24. The van der Waals surface area contributed by atoms with E-state index in [1.165, 1.54) is 17.2 Å². The van der Waals surface area contributed by atoms with Crippen molar-refractivity contribution < 1.29 is 9.13 Å². The molecule has 0 amide bonds. The van der Waals surface area contributed by atoms with Gasteiger partial charge in [-0.05, 0) is 86.9 Å². The lowest BCUT2D eigenvalue weighted by atomic mass is 10.0. The zero-order valence-corrected chi connectivity index (χ0v) is 23.9. The van der Waals surface area contributed by atoms with Gasteiger partial charge in [-0.3, -0.25) is 9.89 Å². The first-order valence-corrected chi connectivity index (χ1v) is 14.0. The van der Waals surface area contributed by atoms with Gasteiger partial charge in [-0.15, -0.1) is 0 Å². The van der Waals surface area contributed by atoms with Crippen LogP contribution in [0.2, 0.25) is 5.02 Å². The van der Waals surface area contributed by atoms with Crippen LogP contribution in [0, 0.1) is 12.7 Å². The molecule has 0 bridgehead atoms. The maximum absolute atomic E-state index is 14.0. The third-order valence-corrected chi connectivity index (χ3v) is 7.16. The highest BCUT2D eigenvalue weighted by Crippen LogP contribution is 2.24. The van der Waals surface area contributed by atoms with Crippen LogP contribution in [0.4, 0.5) is 4.39 Å². The van der Waals surface area contributed by atoms with Crippen molar-refractivity contribution in [2.75, 3.05) is 19.7 Å². The van der Waals surface area contributed by atoms with Gasteiger partial charge in [-0.25, -0.2) is 9.37 Å². The van der Waals surface area contributed by atoms with Gasteiger partial charge in [0.05, 0.1) is 35.9 Å². The van der Waals surface area contributed by atoms with E-state index in [0.29, 0.717) is 17.0 Å². The van der Waals surface area contributed by atoms with Gasteiger partial charge < -0.3 is 9.30 Å². The molecule has 0 saturated carbocycles. The molecule has 1 atom stereocenters. The summed E-state index contributed by atoms with van der Waals surface area (Å²) in [6.07, 6.45) is 10.5. The van der Waals surface area contributed by atoms with Crippen molar-refractivity contribution in [3.63, 3.8) is 0 Å². The molecule has 206 valence electrons. The Kier molecular flexibility index (Phi) is 10.3. The predicted molar refractivity (Wildman–Crippen MR) is 160 cm³/mol. The molecule has 2 aromatic carbocycles. The van der Waals surface area contributed by atoms with Crippen LogP contribution in [0.5, 0.6) is 0 Å². The van der Waals surface area contributed by atoms with Gasteiger partial charge in [0, 0.05) is 24.7 Å². The van der Waals surface area contributed by atoms with Crippen LogP contribution in [0.15, 0.2) is 77.0 Å². The Morgan fingerprint density at radius 2 is 2.13 bits per heavy atom. The van der Waals surface area contributed by atoms with E-state index in [2.05, 4.69) is 66.2 Å². The number of benzene rings is 2. The van der Waals surface area contributed by atoms with Crippen molar-refractivity contribution in [1.82, 2.24) is 14.5 Å². The quantitative estimate of drug-likeness (QED) is 0.174. The van der Waals surface area contributed by atoms with Crippen LogP contribution in [-0.2, 0) is 24.2 Å². The molecule has 0 saturated heterocycles. The molecule has 1 unspecified atom stereocenters. The lowest BCUT2D eigenvalue weighted by molar-refractivity contribution is 0.0545. The maximum Gasteiger partial charge on any atom is 0.128 e. The predicted octanol–water partition coefficient (Wildman–Crippen LogP) is 7.47. The molecule has 3 aromatic rings. The molecule has 0 spiro atoms. The Labute approximate surface area is 236 Å². The summed E-state index contributed by atoms with van der Waals surface area (Å²) in [6, 6.07) is 11.2. The Morgan fingerprint density at radius 1 is 1.28 bits per heavy atom. The number of aromatic nitrogens is 2. The fraction of sp³-hybridized carbons (Fsp3) is 0.375. The molecule has 0 fully saturated rings. The second-order valence-corrected chi connectivity index (χ2v) is 10.5. The summed E-state index contributed by atoms with van der Waals surface area (Å²) in [4.78, 5) is 11.7. The summed E-state index contributed by atoms with van der Waals surface area (Å²) in [5.74, 6) is 0.772. The van der Waals surface area contributed by atoms with E-state index < -0.39 is 0 Å². The van der Waals surface area contributed by atoms with Crippen LogP contribution in [0.3, 0.4) is 0 Å². The van der Waals surface area contributed by atoms with Crippen molar-refractivity contribution in [1.29, 1.82) is 0 Å². The topological polar surface area (TPSA) is 42.7 Å². The van der Waals surface area contributed by atoms with E-state index in [4.69, 9.17) is 21.3 Å². The first kappa shape index (κ1) is 28.9. The Morgan fingerprint density at radius 3 is 2.85 bits per heavy atom. The van der Waals surface area contributed by atoms with E-state index in [1.807, 2.05) is 18.2 Å². The van der Waals surface area contributed by atoms with Gasteiger partial charge in [-0.2, -0.15) is 0 Å². The number of nitrogens with zero attached hydrogens (tertiary/aromatic N) is 4. The number of aliphatic imine (C=N–C) groups is 1. The lowest BCUT2D eigenvalue weighted by Gasteiger charge is -2.26. The van der Waals surface area contributed by atoms with Crippen molar-refractivity contribution in [3.05, 3.63) is 99.8 Å². The molecular weight excluding hydrogens is 511 g/mol. The number of hydrogen-bond acceptors (Lipinski definition) is 4. The van der Waals surface area contributed by atoms with E-state index in [1.54, 1.807) is 12.1 Å². The minimum Gasteiger partial charge on any atom is -0.377 e. The summed E-state index contributed by atoms with van der Waals surface area (Å²) in [6.45, 7) is 14.2. The van der Waals surface area contributed by atoms with E-state index >= 15 is 0 Å². The summed E-state index contributed by atoms with van der Waals surface area (Å²) in [5.41, 5.74) is 6.04. The zero-order valence-electron chi connectivity index (χ0n) is 23.2. The molecular formula is C32H38ClFN4O. The lowest BCUT2D eigenvalue weighted by Crippen LogP contribution is -2.30. The molecule has 2 heterocycles. The molecule has 7 heteroatoms. The highest BCUT2D eigenvalue weighted by Gasteiger charge is 2.19. The number of fused-ring (bicyclic) bond motifs is 1. The van der Waals surface area contributed by atoms with E-state index in [0.717, 1.165) is 68.2 Å². The van der Waals surface area contributed by atoms with Crippen LogP contribution in [0.25, 0.3) is 11.0 Å². The molecule has 0 N–H and O–H groups in total. The van der Waals surface area contributed by atoms with Crippen LogP contribution in [0.1, 0.15) is 43.6 Å². The summed E-state index contributed by atoms with van der Waals surface area (Å²) in [7, 11) is 0. The number of halogens is 2. The van der Waals surface area contributed by atoms with Crippen molar-refractivity contribution in [2.24, 2.45) is 4.99 Å². The second kappa shape index (κ2) is 13.8. The van der Waals surface area contributed by atoms with Crippen LogP contribution < -0.4 is 0 Å². The first-order valence-electron chi connectivity index (χ1n) is 13.6. The van der Waals surface area contributed by atoms with Gasteiger partial charge in [-0.1, -0.05) is 48.9 Å². The van der Waals surface area contributed by atoms with Crippen molar-refractivity contribution >= 4 is 29.4 Å². The molecule has 4 rings (SSSR count). The standard InChI is InChI=1S/C32H38ClFN4O/c1-5-18-39-24(3)21-38-31-13-10-23(2)19-30(31)36-32(38)22-37-16-14-26(15-17-37)29(35-4)9-7-6-8-25-11-12-27(33)20-28(25)34/h6-7,9-14,19-20,24H,4-5,8,15-18,21-22H2,1-3H3/b7-6-,29-9-. The SMILES string of the molecule is C=N/C(=C\C=C/Cc1ccc(Cl)cc1F)C1=CCN(Cc2nc3cc(C)ccc3n2CC(C)OCCC)CC1. The minimum absolute atomic E-state index is 0.117. The van der Waals surface area contributed by atoms with Gasteiger partial charge >= 0.3 is 0 Å². The van der Waals surface area contributed by atoms with Gasteiger partial charge in [0.25, 0.3) is 0 Å². The normalized spacial score (nSPS) is 15.7. The van der Waals surface area contributed by atoms with E-state index in [9.17, 15) is 4.39 Å². The number of allylic oxidation sites excluding steroid dienone is 4. The van der Waals surface area contributed by atoms with Crippen LogP contribution in [-0.4, -0.2) is 47.0 Å². The molecule has 5 nitrogen and oxygen atoms in total. The Hall–Kier alpha value is -3.06. The molecule has 0 radical (unpaired) electrons. The smallest absolute Gasteiger partial charge is 0.128 e. The van der Waals surface area contributed by atoms with Gasteiger partial charge in [0.1, 0.15) is 11.6 Å². The fourth-order valence-electron chi connectivity index (χ4n) is 4.83. The fourth-order valence-corrected chi connectivity index (χ4v) is 4.99. The van der Waals surface area contributed by atoms with Crippen LogP contribution >= 0.6 is 11.6 Å². The number of hydrogen-bond donors (Lipinski definition) is 0. The highest BCUT2D eigenvalue weighted by atomic mass is 35.5. The monoisotopic (exact) mass is 548 g/mol. The summed E-state index contributed by atoms with van der Waals surface area (Å²) >= 11 is 5.84. The Bertz CT molecular complexity index is 1390. The van der Waals surface area contributed by atoms with Crippen molar-refractivity contribution in [3.8, 4) is 0 Å². The molecule has 0 aliphatic carbocycles. The number of imidazole rings is 1. The first-order chi connectivity index (χ1) is 18.9. The molecule has 1 aromatic heterocycles. The third kappa shape index (κ3) is 7.75. The maximum atomic E-state index is 14.0. The largest absolute Gasteiger partial charge is 0.377 e. The zero-order chi connectivity index (χ0) is 27.8. The number of ether oxygens (including phenoxy) is 1. The minimum atomic E-state index is -0.292. The second-order valence-electron chi connectivity index (χ2n) is 10.1. The molecule has 1 aliphatic heterocycles. The van der Waals surface area contributed by atoms with Gasteiger partial charge in [0.2, 0.25) is 0 Å². The summed E-state index contributed by atoms with van der Waals surface area (Å²) in [5, 5.41) is 0.402. The summed E-state index contributed by atoms with van der Waals surface area (Å²) < 4.78 is 22.3. The third-order valence-electron chi connectivity index (χ3n) is 6.93. The Balaban J connectivity index is 1.43. The molecule has 39 heavy (non-hydrogen) atoms. The highest BCUT2D eigenvalue weighted by molar-refractivity contribution is 6.30. The average molecular weight is 549 g/mol. The van der Waals surface area contributed by atoms with Crippen molar-refractivity contribution in [2.45, 2.75) is 59.2 Å². The van der Waals surface area contributed by atoms with Gasteiger partial charge in [0.15, 0.2) is 0 Å². The number of rotatable bonds is 12.